The third-order valence-corrected chi connectivity index (χ3v) is 4.73. The first-order valence-corrected chi connectivity index (χ1v) is 10.5. The highest BCUT2D eigenvalue weighted by Gasteiger charge is 2.09. The molecule has 0 unspecified atom stereocenters. The average Bonchev–Trinajstić information content (AvgIpc) is 2.74. The number of unbranched alkanes of at least 4 members (excludes halogenated alkanes) is 1. The second-order valence-electron chi connectivity index (χ2n) is 7.49. The van der Waals surface area contributed by atoms with Gasteiger partial charge in [0.15, 0.2) is 11.5 Å². The predicted octanol–water partition coefficient (Wildman–Crippen LogP) is 4.57. The molecule has 0 fully saturated rings. The molecule has 6 nitrogen and oxygen atoms in total. The second kappa shape index (κ2) is 11.8. The summed E-state index contributed by atoms with van der Waals surface area (Å²) in [5.41, 5.74) is 4.71. The van der Waals surface area contributed by atoms with E-state index >= 15 is 0 Å². The van der Waals surface area contributed by atoms with Crippen LogP contribution in [0.1, 0.15) is 42.0 Å². The van der Waals surface area contributed by atoms with Crippen molar-refractivity contribution in [2.45, 2.75) is 40.5 Å². The minimum atomic E-state index is -0.352. The maximum atomic E-state index is 12.2. The first-order valence-electron chi connectivity index (χ1n) is 10.5. The zero-order chi connectivity index (χ0) is 22.8. The standard InChI is InChI=1S/C25H32N2O4/c1-6-7-12-31-21-10-8-20(15-22(21)30-5)9-11-23(28)26-16-24(29)27-25-18(3)13-17(2)14-19(25)4/h8-11,13-15H,6-7,12,16H2,1-5H3,(H,26,28)(H,27,29)/b11-9+. The molecule has 0 spiro atoms. The quantitative estimate of drug-likeness (QED) is 0.433. The van der Waals surface area contributed by atoms with E-state index in [1.54, 1.807) is 19.3 Å². The van der Waals surface area contributed by atoms with Gasteiger partial charge in [-0.3, -0.25) is 9.59 Å². The van der Waals surface area contributed by atoms with Gasteiger partial charge < -0.3 is 20.1 Å². The second-order valence-corrected chi connectivity index (χ2v) is 7.49. The molecule has 0 aromatic heterocycles. The number of ether oxygens (including phenoxy) is 2. The summed E-state index contributed by atoms with van der Waals surface area (Å²) in [7, 11) is 1.58. The van der Waals surface area contributed by atoms with E-state index in [1.807, 2.05) is 45.0 Å². The third kappa shape index (κ3) is 7.48. The zero-order valence-corrected chi connectivity index (χ0v) is 19.0. The number of anilines is 1. The molecule has 6 heteroatoms. The van der Waals surface area contributed by atoms with Crippen molar-refractivity contribution in [3.63, 3.8) is 0 Å². The van der Waals surface area contributed by atoms with Crippen LogP contribution in [0.5, 0.6) is 11.5 Å². The summed E-state index contributed by atoms with van der Waals surface area (Å²) in [5.74, 6) is 0.666. The van der Waals surface area contributed by atoms with E-state index in [4.69, 9.17) is 9.47 Å². The number of rotatable bonds is 10. The fourth-order valence-electron chi connectivity index (χ4n) is 3.19. The summed E-state index contributed by atoms with van der Waals surface area (Å²) in [6, 6.07) is 9.51. The van der Waals surface area contributed by atoms with Crippen molar-refractivity contribution in [1.82, 2.24) is 5.32 Å². The molecule has 0 radical (unpaired) electrons. The molecular formula is C25H32N2O4. The molecule has 2 rings (SSSR count). The van der Waals surface area contributed by atoms with Gasteiger partial charge in [0.25, 0.3) is 0 Å². The molecule has 0 aliphatic heterocycles. The lowest BCUT2D eigenvalue weighted by molar-refractivity contribution is -0.121. The Morgan fingerprint density at radius 1 is 1.03 bits per heavy atom. The lowest BCUT2D eigenvalue weighted by Gasteiger charge is -2.13. The summed E-state index contributed by atoms with van der Waals surface area (Å²) in [5, 5.41) is 5.47. The van der Waals surface area contributed by atoms with Crippen LogP contribution >= 0.6 is 0 Å². The first-order chi connectivity index (χ1) is 14.8. The lowest BCUT2D eigenvalue weighted by atomic mass is 10.1. The van der Waals surface area contributed by atoms with Crippen LogP contribution in [0.3, 0.4) is 0 Å². The molecule has 2 N–H and O–H groups in total. The minimum absolute atomic E-state index is 0.108. The van der Waals surface area contributed by atoms with Crippen molar-refractivity contribution in [2.24, 2.45) is 0 Å². The number of carbonyl (C=O) groups excluding carboxylic acids is 2. The van der Waals surface area contributed by atoms with Gasteiger partial charge >= 0.3 is 0 Å². The predicted molar refractivity (Wildman–Crippen MR) is 125 cm³/mol. The van der Waals surface area contributed by atoms with Crippen LogP contribution < -0.4 is 20.1 Å². The monoisotopic (exact) mass is 424 g/mol. The SMILES string of the molecule is CCCCOc1ccc(/C=C/C(=O)NCC(=O)Nc2c(C)cc(C)cc2C)cc1OC. The van der Waals surface area contributed by atoms with Crippen molar-refractivity contribution >= 4 is 23.6 Å². The van der Waals surface area contributed by atoms with Gasteiger partial charge in [0.05, 0.1) is 20.3 Å². The normalized spacial score (nSPS) is 10.7. The molecule has 0 saturated carbocycles. The van der Waals surface area contributed by atoms with Crippen molar-refractivity contribution in [2.75, 3.05) is 25.6 Å². The molecule has 0 aliphatic rings. The first kappa shape index (κ1) is 24.0. The highest BCUT2D eigenvalue weighted by molar-refractivity contribution is 5.98. The van der Waals surface area contributed by atoms with Crippen LogP contribution in [0, 0.1) is 20.8 Å². The van der Waals surface area contributed by atoms with E-state index in [9.17, 15) is 9.59 Å². The van der Waals surface area contributed by atoms with Gasteiger partial charge in [-0.1, -0.05) is 37.1 Å². The summed E-state index contributed by atoms with van der Waals surface area (Å²) < 4.78 is 11.1. The molecule has 0 aliphatic carbocycles. The van der Waals surface area contributed by atoms with Crippen LogP contribution in [0.2, 0.25) is 0 Å². The van der Waals surface area contributed by atoms with Crippen molar-refractivity contribution in [3.8, 4) is 11.5 Å². The number of amides is 2. The molecule has 2 amide bonds. The Morgan fingerprint density at radius 3 is 2.39 bits per heavy atom. The van der Waals surface area contributed by atoms with Gasteiger partial charge in [0, 0.05) is 11.8 Å². The Balaban J connectivity index is 1.90. The molecule has 0 bridgehead atoms. The van der Waals surface area contributed by atoms with E-state index in [0.29, 0.717) is 18.1 Å². The number of hydrogen-bond donors (Lipinski definition) is 2. The van der Waals surface area contributed by atoms with Gasteiger partial charge in [-0.25, -0.2) is 0 Å². The average molecular weight is 425 g/mol. The van der Waals surface area contributed by atoms with Crippen LogP contribution in [-0.2, 0) is 9.59 Å². The number of aryl methyl sites for hydroxylation is 3. The van der Waals surface area contributed by atoms with Crippen molar-refractivity contribution < 1.29 is 19.1 Å². The van der Waals surface area contributed by atoms with Crippen molar-refractivity contribution in [1.29, 1.82) is 0 Å². The Hall–Kier alpha value is -3.28. The van der Waals surface area contributed by atoms with Gasteiger partial charge in [0.1, 0.15) is 0 Å². The number of carbonyl (C=O) groups is 2. The summed E-state index contributed by atoms with van der Waals surface area (Å²) in [4.78, 5) is 24.3. The summed E-state index contributed by atoms with van der Waals surface area (Å²) in [6.45, 7) is 8.54. The molecular weight excluding hydrogens is 392 g/mol. The van der Waals surface area contributed by atoms with E-state index < -0.39 is 0 Å². The van der Waals surface area contributed by atoms with Crippen LogP contribution in [0.4, 0.5) is 5.69 Å². The van der Waals surface area contributed by atoms with Gasteiger partial charge in [0.2, 0.25) is 11.8 Å². The molecule has 0 heterocycles. The molecule has 0 saturated heterocycles. The summed E-state index contributed by atoms with van der Waals surface area (Å²) >= 11 is 0. The van der Waals surface area contributed by atoms with Crippen LogP contribution in [0.25, 0.3) is 6.08 Å². The van der Waals surface area contributed by atoms with E-state index in [-0.39, 0.29) is 18.4 Å². The van der Waals surface area contributed by atoms with Crippen LogP contribution in [-0.4, -0.2) is 32.1 Å². The molecule has 2 aromatic rings. The maximum Gasteiger partial charge on any atom is 0.244 e. The highest BCUT2D eigenvalue weighted by atomic mass is 16.5. The van der Waals surface area contributed by atoms with Crippen molar-refractivity contribution in [3.05, 3.63) is 58.7 Å². The van der Waals surface area contributed by atoms with Gasteiger partial charge in [-0.2, -0.15) is 0 Å². The topological polar surface area (TPSA) is 76.7 Å². The zero-order valence-electron chi connectivity index (χ0n) is 19.0. The Labute approximate surface area is 184 Å². The minimum Gasteiger partial charge on any atom is -0.493 e. The third-order valence-electron chi connectivity index (χ3n) is 4.73. The van der Waals surface area contributed by atoms with E-state index in [1.165, 1.54) is 6.08 Å². The highest BCUT2D eigenvalue weighted by Crippen LogP contribution is 2.28. The maximum absolute atomic E-state index is 12.2. The Morgan fingerprint density at radius 2 is 1.74 bits per heavy atom. The molecule has 2 aromatic carbocycles. The fraction of sp³-hybridized carbons (Fsp3) is 0.360. The lowest BCUT2D eigenvalue weighted by Crippen LogP contribution is -2.32. The number of nitrogens with one attached hydrogen (secondary N) is 2. The molecule has 0 atom stereocenters. The largest absolute Gasteiger partial charge is 0.493 e. The van der Waals surface area contributed by atoms with Crippen LogP contribution in [0.15, 0.2) is 36.4 Å². The molecule has 31 heavy (non-hydrogen) atoms. The van der Waals surface area contributed by atoms with Gasteiger partial charge in [-0.15, -0.1) is 0 Å². The number of benzene rings is 2. The number of methoxy groups -OCH3 is 1. The Bertz CT molecular complexity index is 928. The van der Waals surface area contributed by atoms with E-state index in [0.717, 1.165) is 40.8 Å². The Kier molecular flexibility index (Phi) is 9.13. The fourth-order valence-corrected chi connectivity index (χ4v) is 3.19. The van der Waals surface area contributed by atoms with Gasteiger partial charge in [-0.05, 0) is 62.1 Å². The molecule has 166 valence electrons. The number of hydrogen-bond acceptors (Lipinski definition) is 4. The summed E-state index contributed by atoms with van der Waals surface area (Å²) in [6.07, 6.45) is 5.09. The smallest absolute Gasteiger partial charge is 0.244 e. The van der Waals surface area contributed by atoms with E-state index in [2.05, 4.69) is 17.6 Å².